The molecule has 1 unspecified atom stereocenters. The summed E-state index contributed by atoms with van der Waals surface area (Å²) in [6.07, 6.45) is -4.65. The number of nitrogens with two attached hydrogens (primary N) is 1. The maximum Gasteiger partial charge on any atom is 0.416 e. The maximum atomic E-state index is 12.7. The molecule has 0 aliphatic heterocycles. The summed E-state index contributed by atoms with van der Waals surface area (Å²) in [4.78, 5) is 0. The van der Waals surface area contributed by atoms with E-state index in [1.807, 2.05) is 0 Å². The van der Waals surface area contributed by atoms with E-state index in [0.717, 1.165) is 12.1 Å². The molecule has 7 heteroatoms. The zero-order valence-electron chi connectivity index (χ0n) is 8.56. The predicted molar refractivity (Wildman–Crippen MR) is 60.2 cm³/mol. The van der Waals surface area contributed by atoms with Crippen molar-refractivity contribution in [2.45, 2.75) is 18.6 Å². The summed E-state index contributed by atoms with van der Waals surface area (Å²) in [7, 11) is 0. The molecule has 1 atom stereocenters. The first-order valence-corrected chi connectivity index (χ1v) is 5.43. The third-order valence-electron chi connectivity index (χ3n) is 2.17. The van der Waals surface area contributed by atoms with Crippen molar-refractivity contribution in [2.24, 2.45) is 5.73 Å². The summed E-state index contributed by atoms with van der Waals surface area (Å²) < 4.78 is 38.1. The SMILES string of the molecule is NC(CO)Cc1cc(Cl)c(Cl)cc1C(F)(F)F. The van der Waals surface area contributed by atoms with Crippen molar-refractivity contribution in [3.63, 3.8) is 0 Å². The molecule has 2 nitrogen and oxygen atoms in total. The standard InChI is InChI=1S/C10H10Cl2F3NO/c11-8-2-5(1-6(16)4-17)7(3-9(8)12)10(13,14)15/h2-3,6,17H,1,4,16H2. The van der Waals surface area contributed by atoms with Crippen LogP contribution in [0.3, 0.4) is 0 Å². The van der Waals surface area contributed by atoms with E-state index in [-0.39, 0.29) is 22.0 Å². The Morgan fingerprint density at radius 3 is 2.24 bits per heavy atom. The first-order chi connectivity index (χ1) is 7.75. The van der Waals surface area contributed by atoms with Gasteiger partial charge in [-0.15, -0.1) is 0 Å². The van der Waals surface area contributed by atoms with E-state index in [4.69, 9.17) is 34.0 Å². The quantitative estimate of drug-likeness (QED) is 0.898. The van der Waals surface area contributed by atoms with Crippen LogP contribution in [0.5, 0.6) is 0 Å². The summed E-state index contributed by atoms with van der Waals surface area (Å²) in [5.74, 6) is 0. The smallest absolute Gasteiger partial charge is 0.395 e. The van der Waals surface area contributed by atoms with Gasteiger partial charge >= 0.3 is 6.18 Å². The van der Waals surface area contributed by atoms with E-state index in [2.05, 4.69) is 0 Å². The van der Waals surface area contributed by atoms with Crippen LogP contribution in [0.4, 0.5) is 13.2 Å². The van der Waals surface area contributed by atoms with Crippen molar-refractivity contribution >= 4 is 23.2 Å². The molecule has 0 saturated carbocycles. The molecule has 0 fully saturated rings. The van der Waals surface area contributed by atoms with Crippen LogP contribution in [-0.2, 0) is 12.6 Å². The lowest BCUT2D eigenvalue weighted by Gasteiger charge is -2.16. The zero-order valence-corrected chi connectivity index (χ0v) is 10.1. The minimum atomic E-state index is -4.53. The molecule has 0 aliphatic carbocycles. The number of aliphatic hydroxyl groups is 1. The summed E-state index contributed by atoms with van der Waals surface area (Å²) in [6.45, 7) is -0.405. The molecule has 1 rings (SSSR count). The van der Waals surface area contributed by atoms with Crippen LogP contribution < -0.4 is 5.73 Å². The fourth-order valence-electron chi connectivity index (χ4n) is 1.37. The molecule has 1 aromatic rings. The Labute approximate surface area is 106 Å². The molecular formula is C10H10Cl2F3NO. The van der Waals surface area contributed by atoms with E-state index in [0.29, 0.717) is 0 Å². The Kier molecular flexibility index (Phi) is 4.66. The topological polar surface area (TPSA) is 46.2 Å². The van der Waals surface area contributed by atoms with E-state index >= 15 is 0 Å². The van der Waals surface area contributed by atoms with Gasteiger partial charge in [-0.25, -0.2) is 0 Å². The second-order valence-corrected chi connectivity index (χ2v) is 4.38. The lowest BCUT2D eigenvalue weighted by Crippen LogP contribution is -2.28. The predicted octanol–water partition coefficient (Wildman–Crippen LogP) is 2.87. The van der Waals surface area contributed by atoms with Crippen LogP contribution in [0.15, 0.2) is 12.1 Å². The van der Waals surface area contributed by atoms with Gasteiger partial charge in [0.15, 0.2) is 0 Å². The molecule has 3 N–H and O–H groups in total. The van der Waals surface area contributed by atoms with Gasteiger partial charge in [-0.3, -0.25) is 0 Å². The van der Waals surface area contributed by atoms with E-state index in [1.54, 1.807) is 0 Å². The highest BCUT2D eigenvalue weighted by Crippen LogP contribution is 2.37. The number of benzene rings is 1. The van der Waals surface area contributed by atoms with Crippen LogP contribution in [-0.4, -0.2) is 17.8 Å². The van der Waals surface area contributed by atoms with Gasteiger partial charge < -0.3 is 10.8 Å². The number of hydrogen-bond acceptors (Lipinski definition) is 2. The van der Waals surface area contributed by atoms with Gasteiger partial charge in [0.1, 0.15) is 0 Å². The van der Waals surface area contributed by atoms with Gasteiger partial charge in [-0.1, -0.05) is 23.2 Å². The number of aliphatic hydroxyl groups excluding tert-OH is 1. The number of hydrogen-bond donors (Lipinski definition) is 2. The Morgan fingerprint density at radius 2 is 1.76 bits per heavy atom. The number of rotatable bonds is 3. The molecule has 0 aliphatic rings. The van der Waals surface area contributed by atoms with Gasteiger partial charge in [0, 0.05) is 6.04 Å². The molecule has 1 aromatic carbocycles. The van der Waals surface area contributed by atoms with Gasteiger partial charge in [0.25, 0.3) is 0 Å². The first-order valence-electron chi connectivity index (χ1n) is 4.67. The van der Waals surface area contributed by atoms with Crippen molar-refractivity contribution in [3.05, 3.63) is 33.3 Å². The number of alkyl halides is 3. The second-order valence-electron chi connectivity index (χ2n) is 3.57. The third kappa shape index (κ3) is 3.74. The second kappa shape index (κ2) is 5.44. The average molecular weight is 288 g/mol. The van der Waals surface area contributed by atoms with Crippen molar-refractivity contribution in [1.29, 1.82) is 0 Å². The Morgan fingerprint density at radius 1 is 1.24 bits per heavy atom. The normalized spacial score (nSPS) is 13.8. The molecule has 96 valence electrons. The van der Waals surface area contributed by atoms with Gasteiger partial charge in [-0.05, 0) is 24.1 Å². The van der Waals surface area contributed by atoms with Gasteiger partial charge in [0.05, 0.1) is 22.2 Å². The van der Waals surface area contributed by atoms with Crippen LogP contribution in [0.1, 0.15) is 11.1 Å². The van der Waals surface area contributed by atoms with Crippen LogP contribution in [0.2, 0.25) is 10.0 Å². The summed E-state index contributed by atoms with van der Waals surface area (Å²) >= 11 is 11.2. The Bertz CT molecular complexity index is 409. The van der Waals surface area contributed by atoms with Crippen molar-refractivity contribution < 1.29 is 18.3 Å². The molecule has 0 radical (unpaired) electrons. The van der Waals surface area contributed by atoms with Crippen molar-refractivity contribution in [3.8, 4) is 0 Å². The van der Waals surface area contributed by atoms with Crippen molar-refractivity contribution in [2.75, 3.05) is 6.61 Å². The molecule has 17 heavy (non-hydrogen) atoms. The van der Waals surface area contributed by atoms with Crippen molar-refractivity contribution in [1.82, 2.24) is 0 Å². The highest BCUT2D eigenvalue weighted by molar-refractivity contribution is 6.42. The lowest BCUT2D eigenvalue weighted by atomic mass is 10.0. The van der Waals surface area contributed by atoms with Crippen LogP contribution in [0, 0.1) is 0 Å². The molecule has 0 heterocycles. The van der Waals surface area contributed by atoms with E-state index in [1.165, 1.54) is 0 Å². The maximum absolute atomic E-state index is 12.7. The molecular weight excluding hydrogens is 278 g/mol. The Hall–Kier alpha value is -0.490. The van der Waals surface area contributed by atoms with Crippen LogP contribution >= 0.6 is 23.2 Å². The first kappa shape index (κ1) is 14.6. The summed E-state index contributed by atoms with van der Waals surface area (Å²) in [6, 6.07) is 1.12. The van der Waals surface area contributed by atoms with E-state index in [9.17, 15) is 13.2 Å². The minimum absolute atomic E-state index is 0.0276. The average Bonchev–Trinajstić information content (AvgIpc) is 2.21. The summed E-state index contributed by atoms with van der Waals surface area (Å²) in [5, 5.41) is 8.61. The molecule has 0 aromatic heterocycles. The fourth-order valence-corrected chi connectivity index (χ4v) is 1.72. The zero-order chi connectivity index (χ0) is 13.2. The Balaban J connectivity index is 3.21. The fraction of sp³-hybridized carbons (Fsp3) is 0.400. The highest BCUT2D eigenvalue weighted by Gasteiger charge is 2.34. The van der Waals surface area contributed by atoms with Crippen LogP contribution in [0.25, 0.3) is 0 Å². The lowest BCUT2D eigenvalue weighted by molar-refractivity contribution is -0.138. The summed E-state index contributed by atoms with van der Waals surface area (Å²) in [5.41, 5.74) is 4.46. The van der Waals surface area contributed by atoms with Gasteiger partial charge in [-0.2, -0.15) is 13.2 Å². The van der Waals surface area contributed by atoms with E-state index < -0.39 is 24.4 Å². The number of halogens is 5. The minimum Gasteiger partial charge on any atom is -0.395 e. The molecule has 0 bridgehead atoms. The van der Waals surface area contributed by atoms with Gasteiger partial charge in [0.2, 0.25) is 0 Å². The highest BCUT2D eigenvalue weighted by atomic mass is 35.5. The largest absolute Gasteiger partial charge is 0.416 e. The molecule has 0 spiro atoms. The molecule has 0 saturated heterocycles. The molecule has 0 amide bonds. The third-order valence-corrected chi connectivity index (χ3v) is 2.89. The monoisotopic (exact) mass is 287 g/mol.